The third-order valence-corrected chi connectivity index (χ3v) is 6.63. The summed E-state index contributed by atoms with van der Waals surface area (Å²) in [5.41, 5.74) is 1.49. The number of urea groups is 1. The van der Waals surface area contributed by atoms with Crippen molar-refractivity contribution < 1.29 is 18.8 Å². The number of hydrogen-bond acceptors (Lipinski definition) is 5. The summed E-state index contributed by atoms with van der Waals surface area (Å²) in [6.45, 7) is 13.7. The van der Waals surface area contributed by atoms with Crippen molar-refractivity contribution in [2.45, 2.75) is 53.1 Å². The summed E-state index contributed by atoms with van der Waals surface area (Å²) in [5, 5.41) is 5.38. The summed E-state index contributed by atoms with van der Waals surface area (Å²) in [6.07, 6.45) is 0.497. The maximum absolute atomic E-state index is 14.8. The van der Waals surface area contributed by atoms with Crippen molar-refractivity contribution in [2.75, 3.05) is 52.1 Å². The van der Waals surface area contributed by atoms with Gasteiger partial charge < -0.3 is 20.4 Å². The first-order chi connectivity index (χ1) is 18.6. The molecule has 1 aliphatic heterocycles. The molecule has 2 aromatic carbocycles. The number of rotatable bonds is 9. The van der Waals surface area contributed by atoms with E-state index in [-0.39, 0.29) is 28.4 Å². The molecule has 2 aromatic rings. The molecule has 9 heteroatoms. The lowest BCUT2D eigenvalue weighted by Crippen LogP contribution is -2.51. The average Bonchev–Trinajstić information content (AvgIpc) is 2.83. The van der Waals surface area contributed by atoms with Gasteiger partial charge in [-0.3, -0.25) is 14.5 Å². The summed E-state index contributed by atoms with van der Waals surface area (Å²) in [6, 6.07) is 11.4. The van der Waals surface area contributed by atoms with E-state index >= 15 is 0 Å². The lowest BCUT2D eigenvalue weighted by atomic mass is 9.87. The number of piperazine rings is 1. The second kappa shape index (κ2) is 12.9. The lowest BCUT2D eigenvalue weighted by Gasteiger charge is -2.35. The normalized spacial score (nSPS) is 14.8. The van der Waals surface area contributed by atoms with E-state index in [1.54, 1.807) is 11.0 Å². The predicted octanol–water partition coefficient (Wildman–Crippen LogP) is 4.86. The zero-order chi connectivity index (χ0) is 29.7. The highest BCUT2D eigenvalue weighted by Gasteiger charge is 2.25. The van der Waals surface area contributed by atoms with Crippen LogP contribution in [0.15, 0.2) is 42.5 Å². The Balaban J connectivity index is 1.53. The number of carbonyl (C=O) groups is 3. The minimum absolute atomic E-state index is 0.0164. The van der Waals surface area contributed by atoms with E-state index in [1.807, 2.05) is 57.1 Å². The topological polar surface area (TPSA) is 85.0 Å². The zero-order valence-electron chi connectivity index (χ0n) is 24.9. The fraction of sp³-hybridized carbons (Fsp3) is 0.516. The van der Waals surface area contributed by atoms with Crippen molar-refractivity contribution in [1.29, 1.82) is 0 Å². The quantitative estimate of drug-likeness (QED) is 0.433. The Morgan fingerprint density at radius 2 is 1.60 bits per heavy atom. The molecule has 0 atom stereocenters. The zero-order valence-corrected chi connectivity index (χ0v) is 24.9. The number of nitrogens with zero attached hydrogens (tertiary/aromatic N) is 3. The Morgan fingerprint density at radius 3 is 2.20 bits per heavy atom. The van der Waals surface area contributed by atoms with Crippen LogP contribution < -0.4 is 10.6 Å². The molecule has 1 saturated heterocycles. The summed E-state index contributed by atoms with van der Waals surface area (Å²) < 4.78 is 14.8. The van der Waals surface area contributed by atoms with Gasteiger partial charge in [0.25, 0.3) is 5.91 Å². The smallest absolute Gasteiger partial charge is 0.319 e. The number of ketones is 1. The molecule has 0 bridgehead atoms. The molecule has 3 amide bonds. The van der Waals surface area contributed by atoms with Crippen LogP contribution in [0.5, 0.6) is 0 Å². The van der Waals surface area contributed by atoms with Crippen molar-refractivity contribution in [3.63, 3.8) is 0 Å². The summed E-state index contributed by atoms with van der Waals surface area (Å²) in [7, 11) is 3.82. The molecular weight excluding hydrogens is 509 g/mol. The molecular formula is C31H44FN5O3. The van der Waals surface area contributed by atoms with E-state index in [0.717, 1.165) is 11.1 Å². The third kappa shape index (κ3) is 9.41. The Kier molecular flexibility index (Phi) is 10.1. The van der Waals surface area contributed by atoms with E-state index in [2.05, 4.69) is 36.3 Å². The first-order valence-electron chi connectivity index (χ1n) is 13.8. The Morgan fingerprint density at radius 1 is 0.925 bits per heavy atom. The molecule has 218 valence electrons. The number of halogens is 1. The first-order valence-corrected chi connectivity index (χ1v) is 13.8. The van der Waals surface area contributed by atoms with Gasteiger partial charge in [0, 0.05) is 62.4 Å². The van der Waals surface area contributed by atoms with Crippen molar-refractivity contribution in [1.82, 2.24) is 20.0 Å². The van der Waals surface area contributed by atoms with Crippen molar-refractivity contribution >= 4 is 23.4 Å². The minimum atomic E-state index is -0.661. The highest BCUT2D eigenvalue weighted by atomic mass is 19.1. The number of likely N-dealkylation sites (N-methyl/N-ethyl adjacent to an activating group) is 1. The van der Waals surface area contributed by atoms with Gasteiger partial charge in [-0.2, -0.15) is 0 Å². The van der Waals surface area contributed by atoms with Crippen LogP contribution in [0.3, 0.4) is 0 Å². The number of nitrogens with one attached hydrogen (secondary N) is 2. The first kappa shape index (κ1) is 31.2. The van der Waals surface area contributed by atoms with Crippen LogP contribution in [0.1, 0.15) is 67.3 Å². The molecule has 8 nitrogen and oxygen atoms in total. The number of carbonyl (C=O) groups excluding carboxylic acids is 3. The van der Waals surface area contributed by atoms with Gasteiger partial charge in [0.1, 0.15) is 5.82 Å². The molecule has 0 unspecified atom stereocenters. The fourth-order valence-electron chi connectivity index (χ4n) is 5.02. The van der Waals surface area contributed by atoms with E-state index in [4.69, 9.17) is 0 Å². The number of hydrogen-bond donors (Lipinski definition) is 2. The van der Waals surface area contributed by atoms with Gasteiger partial charge >= 0.3 is 6.03 Å². The van der Waals surface area contributed by atoms with E-state index in [9.17, 15) is 18.8 Å². The van der Waals surface area contributed by atoms with Gasteiger partial charge in [-0.15, -0.1) is 0 Å². The lowest BCUT2D eigenvalue weighted by molar-refractivity contribution is 0.0627. The Hall–Kier alpha value is -3.30. The molecule has 40 heavy (non-hydrogen) atoms. The van der Waals surface area contributed by atoms with Crippen LogP contribution in [-0.2, 0) is 6.54 Å². The molecule has 0 saturated carbocycles. The minimum Gasteiger partial charge on any atom is -0.336 e. The second-order valence-electron chi connectivity index (χ2n) is 12.8. The largest absolute Gasteiger partial charge is 0.336 e. The molecule has 0 aromatic heterocycles. The number of amides is 3. The summed E-state index contributed by atoms with van der Waals surface area (Å²) in [4.78, 5) is 44.0. The van der Waals surface area contributed by atoms with Crippen LogP contribution in [0.2, 0.25) is 0 Å². The van der Waals surface area contributed by atoms with Crippen LogP contribution in [-0.4, -0.2) is 84.8 Å². The Labute approximate surface area is 237 Å². The number of Topliss-reactive ketones (excluding diaryl/α,β-unsaturated/α-hetero) is 1. The summed E-state index contributed by atoms with van der Waals surface area (Å²) >= 11 is 0. The van der Waals surface area contributed by atoms with Crippen LogP contribution in [0.4, 0.5) is 14.9 Å². The van der Waals surface area contributed by atoms with Crippen LogP contribution in [0, 0.1) is 11.2 Å². The van der Waals surface area contributed by atoms with Gasteiger partial charge in [0.05, 0.1) is 5.69 Å². The predicted molar refractivity (Wildman–Crippen MR) is 157 cm³/mol. The summed E-state index contributed by atoms with van der Waals surface area (Å²) in [5.74, 6) is -0.755. The number of benzene rings is 2. The van der Waals surface area contributed by atoms with Gasteiger partial charge in [0.15, 0.2) is 5.78 Å². The highest BCUT2D eigenvalue weighted by Crippen LogP contribution is 2.23. The maximum Gasteiger partial charge on any atom is 0.319 e. The van der Waals surface area contributed by atoms with Gasteiger partial charge in [-0.1, -0.05) is 39.0 Å². The van der Waals surface area contributed by atoms with Crippen molar-refractivity contribution in [3.05, 3.63) is 65.0 Å². The Bertz CT molecular complexity index is 1210. The third-order valence-electron chi connectivity index (χ3n) is 6.63. The maximum atomic E-state index is 14.8. The van der Waals surface area contributed by atoms with E-state index in [0.29, 0.717) is 45.7 Å². The molecule has 1 aliphatic rings. The van der Waals surface area contributed by atoms with Crippen LogP contribution >= 0.6 is 0 Å². The molecule has 0 aliphatic carbocycles. The molecule has 3 rings (SSSR count). The van der Waals surface area contributed by atoms with Gasteiger partial charge in [-0.05, 0) is 63.2 Å². The van der Waals surface area contributed by atoms with E-state index < -0.39 is 17.4 Å². The number of anilines is 1. The second-order valence-corrected chi connectivity index (χ2v) is 12.8. The SMILES string of the molecule is CN(C)CC(C)(C)NC(=O)Nc1ccc(C(=O)N2CCN(Cc3cccc(C(=O)CC(C)(C)C)c3)CC2)cc1F. The van der Waals surface area contributed by atoms with Crippen LogP contribution in [0.25, 0.3) is 0 Å². The van der Waals surface area contributed by atoms with Gasteiger partial charge in [0.2, 0.25) is 0 Å². The van der Waals surface area contributed by atoms with Crippen molar-refractivity contribution in [3.8, 4) is 0 Å². The fourth-order valence-corrected chi connectivity index (χ4v) is 5.02. The molecule has 1 heterocycles. The molecule has 0 spiro atoms. The van der Waals surface area contributed by atoms with Gasteiger partial charge in [-0.25, -0.2) is 9.18 Å². The molecule has 1 fully saturated rings. The molecule has 2 N–H and O–H groups in total. The van der Waals surface area contributed by atoms with E-state index in [1.165, 1.54) is 12.1 Å². The molecule has 0 radical (unpaired) electrons. The average molecular weight is 554 g/mol. The highest BCUT2D eigenvalue weighted by molar-refractivity contribution is 5.97. The standard InChI is InChI=1S/C31H44FN5O3/c1-30(2,3)19-27(38)23-10-8-9-22(17-23)20-36-13-15-37(16-14-36)28(39)24-11-12-26(25(32)18-24)33-29(40)34-31(4,5)21-35(6)7/h8-12,17-18H,13-16,19-21H2,1-7H3,(H2,33,34,40). The van der Waals surface area contributed by atoms with Crippen molar-refractivity contribution in [2.24, 2.45) is 5.41 Å². The monoisotopic (exact) mass is 553 g/mol.